The third-order valence-corrected chi connectivity index (χ3v) is 20.8. The molecule has 132 heavy (non-hydrogen) atoms. The fraction of sp³-hybridized carbons (Fsp3) is 0.333. The highest BCUT2D eigenvalue weighted by atomic mass is 35.5. The summed E-state index contributed by atoms with van der Waals surface area (Å²) in [4.78, 5) is 54.1. The van der Waals surface area contributed by atoms with Gasteiger partial charge in [-0.05, 0) is 256 Å². The average Bonchev–Trinajstić information content (AvgIpc) is 1.53. The van der Waals surface area contributed by atoms with E-state index in [4.69, 9.17) is 46.4 Å². The molecule has 0 radical (unpaired) electrons. The lowest BCUT2D eigenvalue weighted by atomic mass is 10.1. The first kappa shape index (κ1) is 96.6. The standard InChI is InChI=1S/4C24H28ClN7O/c4*1-16-11-18(30-23(29-16)31-19-13-28-32(14-19)15-24(2,3)33)5-4-9-26-21-8-10-27-22-12-17(25)6-7-20(21)22/h4*6-8,10-14,33H,4-5,9,15H2,1-3H3,(H,26,27)(H,29,30,31). The molecule has 688 valence electrons. The first-order chi connectivity index (χ1) is 63.0. The molecule has 0 fully saturated rings. The number of benzene rings is 4. The van der Waals surface area contributed by atoms with Crippen molar-refractivity contribution in [3.63, 3.8) is 0 Å². The van der Waals surface area contributed by atoms with Gasteiger partial charge in [0.25, 0.3) is 0 Å². The van der Waals surface area contributed by atoms with Gasteiger partial charge in [0.1, 0.15) is 0 Å². The molecule has 36 heteroatoms. The zero-order chi connectivity index (χ0) is 93.7. The lowest BCUT2D eigenvalue weighted by Crippen LogP contribution is -2.26. The van der Waals surface area contributed by atoms with Crippen LogP contribution in [-0.4, -0.2) is 168 Å². The molecule has 0 amide bonds. The first-order valence-electron chi connectivity index (χ1n) is 43.6. The molecule has 0 unspecified atom stereocenters. The van der Waals surface area contributed by atoms with E-state index >= 15 is 0 Å². The SMILES string of the molecule is Cc1cc(CCCNc2ccnc3cc(Cl)ccc23)nc(Nc2cnn(CC(C)(C)O)c2)n1.Cc1cc(CCCNc2ccnc3cc(Cl)ccc23)nc(Nc2cnn(CC(C)(C)O)c2)n1.Cc1cc(CCCNc2ccnc3cc(Cl)ccc23)nc(Nc2cnn(CC(C)(C)O)c2)n1.Cc1cc(CCCNc2ccnc3cc(Cl)ccc23)nc(Nc2cnn(CC(C)(C)O)c2)n1. The number of pyridine rings is 4. The van der Waals surface area contributed by atoms with E-state index in [2.05, 4.69) is 123 Å². The molecule has 32 nitrogen and oxygen atoms in total. The molecular weight excluding hydrogens is 1750 g/mol. The molecule has 0 aliphatic heterocycles. The van der Waals surface area contributed by atoms with Crippen LogP contribution in [0.3, 0.4) is 0 Å². The van der Waals surface area contributed by atoms with Crippen LogP contribution in [0, 0.1) is 27.7 Å². The van der Waals surface area contributed by atoms with E-state index in [9.17, 15) is 20.4 Å². The maximum Gasteiger partial charge on any atom is 0.227 e. The van der Waals surface area contributed by atoms with Gasteiger partial charge >= 0.3 is 0 Å². The predicted octanol–water partition coefficient (Wildman–Crippen LogP) is 19.0. The van der Waals surface area contributed by atoms with Gasteiger partial charge in [0.15, 0.2) is 0 Å². The summed E-state index contributed by atoms with van der Waals surface area (Å²) in [7, 11) is 0. The summed E-state index contributed by atoms with van der Waals surface area (Å²) < 4.78 is 6.78. The Bertz CT molecular complexity index is 5780. The number of hydrogen-bond donors (Lipinski definition) is 12. The van der Waals surface area contributed by atoms with Crippen molar-refractivity contribution in [1.82, 2.24) is 98.9 Å². The molecule has 0 bridgehead atoms. The molecule has 12 N–H and O–H groups in total. The summed E-state index contributed by atoms with van der Waals surface area (Å²) >= 11 is 24.3. The third kappa shape index (κ3) is 30.6. The van der Waals surface area contributed by atoms with Crippen molar-refractivity contribution in [2.24, 2.45) is 0 Å². The van der Waals surface area contributed by atoms with Gasteiger partial charge in [0, 0.05) is 186 Å². The Morgan fingerprint density at radius 2 is 0.500 bits per heavy atom. The Hall–Kier alpha value is -12.9. The molecular formula is C96H112Cl4N28O4. The number of aliphatic hydroxyl groups is 4. The highest BCUT2D eigenvalue weighted by molar-refractivity contribution is 6.32. The molecule has 0 saturated carbocycles. The highest BCUT2D eigenvalue weighted by Gasteiger charge is 2.21. The maximum atomic E-state index is 9.96. The second-order valence-electron chi connectivity index (χ2n) is 35.0. The number of rotatable bonds is 36. The van der Waals surface area contributed by atoms with E-state index in [-0.39, 0.29) is 0 Å². The van der Waals surface area contributed by atoms with Crippen LogP contribution in [0.15, 0.2) is 196 Å². The van der Waals surface area contributed by atoms with Crippen LogP contribution >= 0.6 is 46.4 Å². The Balaban J connectivity index is 0.000000150. The van der Waals surface area contributed by atoms with Crippen molar-refractivity contribution >= 4 is 159 Å². The van der Waals surface area contributed by atoms with Crippen molar-refractivity contribution in [3.05, 3.63) is 261 Å². The minimum atomic E-state index is -0.833. The molecule has 4 aromatic carbocycles. The van der Waals surface area contributed by atoms with Crippen molar-refractivity contribution in [2.75, 3.05) is 68.7 Å². The number of fused-ring (bicyclic) bond motifs is 4. The van der Waals surface area contributed by atoms with Crippen molar-refractivity contribution in [1.29, 1.82) is 0 Å². The maximum absolute atomic E-state index is 9.96. The van der Waals surface area contributed by atoms with Gasteiger partial charge in [-0.1, -0.05) is 46.4 Å². The van der Waals surface area contributed by atoms with Crippen molar-refractivity contribution in [2.45, 2.75) is 183 Å². The van der Waals surface area contributed by atoms with E-state index in [1.54, 1.807) is 124 Å². The van der Waals surface area contributed by atoms with E-state index in [1.807, 2.05) is 174 Å². The van der Waals surface area contributed by atoms with Crippen LogP contribution in [0.4, 0.5) is 69.3 Å². The number of aromatic nitrogens is 20. The number of nitrogens with one attached hydrogen (secondary N) is 8. The van der Waals surface area contributed by atoms with Gasteiger partial charge < -0.3 is 63.0 Å². The number of anilines is 12. The predicted molar refractivity (Wildman–Crippen MR) is 529 cm³/mol. The fourth-order valence-corrected chi connectivity index (χ4v) is 15.2. The quantitative estimate of drug-likeness (QED) is 0.0162. The summed E-state index contributed by atoms with van der Waals surface area (Å²) in [5.74, 6) is 2.16. The Morgan fingerprint density at radius 3 is 0.705 bits per heavy atom. The van der Waals surface area contributed by atoms with Crippen LogP contribution < -0.4 is 42.5 Å². The summed E-state index contributed by atoms with van der Waals surface area (Å²) in [6.45, 7) is 26.7. The minimum absolute atomic E-state index is 0.404. The average molecular weight is 1860 g/mol. The van der Waals surface area contributed by atoms with E-state index < -0.39 is 22.4 Å². The number of hydrogen-bond acceptors (Lipinski definition) is 28. The molecule has 0 spiro atoms. The Kier molecular flexibility index (Phi) is 32.5. The number of halogens is 4. The summed E-state index contributed by atoms with van der Waals surface area (Å²) in [6.07, 6.45) is 28.2. The molecule has 0 aliphatic carbocycles. The van der Waals surface area contributed by atoms with E-state index in [0.717, 1.165) is 212 Å². The van der Waals surface area contributed by atoms with Gasteiger partial charge in [0.2, 0.25) is 23.8 Å². The first-order valence-corrected chi connectivity index (χ1v) is 45.1. The molecule has 12 heterocycles. The zero-order valence-electron chi connectivity index (χ0n) is 76.0. The topological polar surface area (TPSA) is 403 Å². The monoisotopic (exact) mass is 1860 g/mol. The molecule has 12 aromatic heterocycles. The lowest BCUT2D eigenvalue weighted by molar-refractivity contribution is 0.0571. The van der Waals surface area contributed by atoms with Gasteiger partial charge in [-0.2, -0.15) is 20.4 Å². The largest absolute Gasteiger partial charge is 0.389 e. The van der Waals surface area contributed by atoms with Gasteiger partial charge in [0.05, 0.1) is 118 Å². The van der Waals surface area contributed by atoms with Crippen LogP contribution in [0.1, 0.15) is 127 Å². The van der Waals surface area contributed by atoms with Crippen LogP contribution in [0.5, 0.6) is 0 Å². The number of nitrogens with zero attached hydrogens (tertiary/aromatic N) is 20. The van der Waals surface area contributed by atoms with Gasteiger partial charge in [-0.3, -0.25) is 38.7 Å². The summed E-state index contributed by atoms with van der Waals surface area (Å²) in [6, 6.07) is 38.9. The summed E-state index contributed by atoms with van der Waals surface area (Å²) in [5, 5.41) is 90.7. The molecule has 0 atom stereocenters. The van der Waals surface area contributed by atoms with E-state index in [1.165, 1.54) is 0 Å². The Labute approximate surface area is 786 Å². The second kappa shape index (κ2) is 44.3. The van der Waals surface area contributed by atoms with Gasteiger partial charge in [-0.15, -0.1) is 0 Å². The smallest absolute Gasteiger partial charge is 0.227 e. The van der Waals surface area contributed by atoms with Crippen LogP contribution in [-0.2, 0) is 51.9 Å². The molecule has 0 aliphatic rings. The zero-order valence-corrected chi connectivity index (χ0v) is 79.1. The lowest BCUT2D eigenvalue weighted by Gasteiger charge is -2.16. The minimum Gasteiger partial charge on any atom is -0.389 e. The van der Waals surface area contributed by atoms with Crippen molar-refractivity contribution < 1.29 is 20.4 Å². The normalized spacial score (nSPS) is 11.7. The van der Waals surface area contributed by atoms with Crippen LogP contribution in [0.25, 0.3) is 43.6 Å². The molecule has 0 saturated heterocycles. The summed E-state index contributed by atoms with van der Waals surface area (Å²) in [5.41, 5.74) is 15.0. The second-order valence-corrected chi connectivity index (χ2v) is 36.7. The van der Waals surface area contributed by atoms with Gasteiger partial charge in [-0.25, -0.2) is 39.9 Å². The fourth-order valence-electron chi connectivity index (χ4n) is 14.5. The Morgan fingerprint density at radius 1 is 0.288 bits per heavy atom. The van der Waals surface area contributed by atoms with E-state index in [0.29, 0.717) is 70.1 Å². The number of aryl methyl sites for hydroxylation is 8. The highest BCUT2D eigenvalue weighted by Crippen LogP contribution is 2.31. The molecule has 16 rings (SSSR count). The molecule has 16 aromatic rings. The van der Waals surface area contributed by atoms with Crippen molar-refractivity contribution in [3.8, 4) is 0 Å². The third-order valence-electron chi connectivity index (χ3n) is 19.9. The van der Waals surface area contributed by atoms with Crippen LogP contribution in [0.2, 0.25) is 20.1 Å².